The zero-order valence-electron chi connectivity index (χ0n) is 12.1. The molecule has 1 heterocycles. The monoisotopic (exact) mass is 299 g/mol. The molecule has 1 aromatic carbocycles. The number of nitro groups is 1. The van der Waals surface area contributed by atoms with Crippen LogP contribution in [0.2, 0.25) is 0 Å². The largest absolute Gasteiger partial charge is 0.324 e. The summed E-state index contributed by atoms with van der Waals surface area (Å²) in [5.74, 6) is 0.0169. The molecule has 6 heteroatoms. The number of amides is 1. The summed E-state index contributed by atoms with van der Waals surface area (Å²) in [7, 11) is 0. The molecule has 1 fully saturated rings. The molecule has 0 radical (unpaired) electrons. The molecule has 2 aromatic rings. The number of fused-ring (bicyclic) bond motifs is 1. The second-order valence-electron chi connectivity index (χ2n) is 5.61. The molecule has 1 amide bonds. The van der Waals surface area contributed by atoms with Crippen molar-refractivity contribution in [1.82, 2.24) is 4.98 Å². The number of carbonyl (C=O) groups excluding carboxylic acids is 1. The number of carbonyl (C=O) groups is 1. The number of nitrogens with zero attached hydrogens (tertiary/aromatic N) is 2. The first-order valence-corrected chi connectivity index (χ1v) is 7.50. The summed E-state index contributed by atoms with van der Waals surface area (Å²) in [5, 5.41) is 14.4. The predicted octanol–water partition coefficient (Wildman–Crippen LogP) is 3.66. The Hall–Kier alpha value is -2.50. The third-order valence-corrected chi connectivity index (χ3v) is 4.18. The lowest BCUT2D eigenvalue weighted by molar-refractivity contribution is -0.383. The van der Waals surface area contributed by atoms with Crippen molar-refractivity contribution in [3.05, 3.63) is 40.6 Å². The van der Waals surface area contributed by atoms with E-state index in [9.17, 15) is 14.9 Å². The van der Waals surface area contributed by atoms with Gasteiger partial charge in [0, 0.05) is 18.2 Å². The Morgan fingerprint density at radius 2 is 2.00 bits per heavy atom. The summed E-state index contributed by atoms with van der Waals surface area (Å²) in [6.07, 6.45) is 6.73. The number of nitrogens with one attached hydrogen (secondary N) is 1. The van der Waals surface area contributed by atoms with E-state index < -0.39 is 4.92 Å². The molecule has 6 nitrogen and oxygen atoms in total. The van der Waals surface area contributed by atoms with E-state index in [0.29, 0.717) is 16.6 Å². The molecule has 0 unspecified atom stereocenters. The fourth-order valence-electron chi connectivity index (χ4n) is 3.02. The maximum atomic E-state index is 12.4. The molecule has 1 N–H and O–H groups in total. The highest BCUT2D eigenvalue weighted by Gasteiger charge is 2.23. The van der Waals surface area contributed by atoms with E-state index in [-0.39, 0.29) is 17.5 Å². The standard InChI is InChI=1S/C16H17N3O3/c20-16(11-5-2-1-3-6-11)18-13-8-9-14(19(21)22)12-7-4-10-17-15(12)13/h4,7-11H,1-3,5-6H2,(H,18,20). The molecule has 3 rings (SSSR count). The maximum absolute atomic E-state index is 12.4. The first kappa shape index (κ1) is 14.4. The van der Waals surface area contributed by atoms with E-state index in [1.807, 2.05) is 0 Å². The molecular weight excluding hydrogens is 282 g/mol. The van der Waals surface area contributed by atoms with Crippen molar-refractivity contribution < 1.29 is 9.72 Å². The van der Waals surface area contributed by atoms with Crippen molar-refractivity contribution in [3.8, 4) is 0 Å². The normalized spacial score (nSPS) is 15.6. The Kier molecular flexibility index (Phi) is 4.00. The SMILES string of the molecule is O=C(Nc1ccc([N+](=O)[O-])c2cccnc12)C1CCCCC1. The Bertz CT molecular complexity index is 724. The lowest BCUT2D eigenvalue weighted by Crippen LogP contribution is -2.24. The number of aromatic nitrogens is 1. The van der Waals surface area contributed by atoms with Crippen LogP contribution in [0, 0.1) is 16.0 Å². The molecule has 1 aliphatic carbocycles. The van der Waals surface area contributed by atoms with Crippen LogP contribution in [0.4, 0.5) is 11.4 Å². The van der Waals surface area contributed by atoms with Crippen molar-refractivity contribution in [1.29, 1.82) is 0 Å². The number of nitro benzene ring substituents is 1. The summed E-state index contributed by atoms with van der Waals surface area (Å²) >= 11 is 0. The number of non-ortho nitro benzene ring substituents is 1. The zero-order valence-corrected chi connectivity index (χ0v) is 12.1. The van der Waals surface area contributed by atoms with Crippen LogP contribution in [0.25, 0.3) is 10.9 Å². The summed E-state index contributed by atoms with van der Waals surface area (Å²) in [5.41, 5.74) is 0.997. The minimum absolute atomic E-state index is 0.00114. The average Bonchev–Trinajstić information content (AvgIpc) is 2.55. The first-order chi connectivity index (χ1) is 10.7. The van der Waals surface area contributed by atoms with Gasteiger partial charge in [0.25, 0.3) is 5.69 Å². The summed E-state index contributed by atoms with van der Waals surface area (Å²) in [6, 6.07) is 6.29. The van der Waals surface area contributed by atoms with E-state index >= 15 is 0 Å². The van der Waals surface area contributed by atoms with E-state index in [0.717, 1.165) is 25.7 Å². The van der Waals surface area contributed by atoms with Crippen LogP contribution in [0.1, 0.15) is 32.1 Å². The van der Waals surface area contributed by atoms with Gasteiger partial charge in [0.1, 0.15) is 5.52 Å². The van der Waals surface area contributed by atoms with Crippen LogP contribution in [-0.2, 0) is 4.79 Å². The van der Waals surface area contributed by atoms with E-state index in [1.165, 1.54) is 12.5 Å². The molecule has 1 saturated carbocycles. The second-order valence-corrected chi connectivity index (χ2v) is 5.61. The van der Waals surface area contributed by atoms with E-state index in [1.54, 1.807) is 24.4 Å². The Morgan fingerprint density at radius 1 is 1.23 bits per heavy atom. The van der Waals surface area contributed by atoms with Crippen LogP contribution < -0.4 is 5.32 Å². The van der Waals surface area contributed by atoms with Gasteiger partial charge in [-0.25, -0.2) is 0 Å². The van der Waals surface area contributed by atoms with E-state index in [2.05, 4.69) is 10.3 Å². The van der Waals surface area contributed by atoms with E-state index in [4.69, 9.17) is 0 Å². The maximum Gasteiger partial charge on any atom is 0.278 e. The number of hydrogen-bond donors (Lipinski definition) is 1. The highest BCUT2D eigenvalue weighted by atomic mass is 16.6. The van der Waals surface area contributed by atoms with Gasteiger partial charge in [-0.15, -0.1) is 0 Å². The molecule has 0 bridgehead atoms. The number of anilines is 1. The van der Waals surface area contributed by atoms with Gasteiger partial charge in [-0.2, -0.15) is 0 Å². The van der Waals surface area contributed by atoms with Crippen molar-refractivity contribution >= 4 is 28.2 Å². The fraction of sp³-hybridized carbons (Fsp3) is 0.375. The molecule has 114 valence electrons. The molecule has 0 spiro atoms. The zero-order chi connectivity index (χ0) is 15.5. The third-order valence-electron chi connectivity index (χ3n) is 4.18. The van der Waals surface area contributed by atoms with Crippen molar-refractivity contribution in [3.63, 3.8) is 0 Å². The minimum atomic E-state index is -0.434. The van der Waals surface area contributed by atoms with Crippen LogP contribution in [-0.4, -0.2) is 15.8 Å². The van der Waals surface area contributed by atoms with Gasteiger partial charge in [-0.1, -0.05) is 19.3 Å². The predicted molar refractivity (Wildman–Crippen MR) is 83.6 cm³/mol. The fourth-order valence-corrected chi connectivity index (χ4v) is 3.02. The average molecular weight is 299 g/mol. The summed E-state index contributed by atoms with van der Waals surface area (Å²) in [4.78, 5) is 27.2. The van der Waals surface area contributed by atoms with Crippen LogP contribution in [0.3, 0.4) is 0 Å². The quantitative estimate of drug-likeness (QED) is 0.692. The number of pyridine rings is 1. The highest BCUT2D eigenvalue weighted by molar-refractivity contribution is 6.03. The number of rotatable bonds is 3. The summed E-state index contributed by atoms with van der Waals surface area (Å²) < 4.78 is 0. The Balaban J connectivity index is 1.92. The number of hydrogen-bond acceptors (Lipinski definition) is 4. The molecule has 0 atom stereocenters. The molecule has 22 heavy (non-hydrogen) atoms. The minimum Gasteiger partial charge on any atom is -0.324 e. The number of benzene rings is 1. The molecule has 0 aliphatic heterocycles. The lowest BCUT2D eigenvalue weighted by Gasteiger charge is -2.21. The van der Waals surface area contributed by atoms with Crippen molar-refractivity contribution in [2.45, 2.75) is 32.1 Å². The Morgan fingerprint density at radius 3 is 2.73 bits per heavy atom. The van der Waals surface area contributed by atoms with Gasteiger partial charge < -0.3 is 5.32 Å². The van der Waals surface area contributed by atoms with Crippen LogP contribution in [0.5, 0.6) is 0 Å². The van der Waals surface area contributed by atoms with Crippen LogP contribution >= 0.6 is 0 Å². The smallest absolute Gasteiger partial charge is 0.278 e. The molecular formula is C16H17N3O3. The van der Waals surface area contributed by atoms with Gasteiger partial charge >= 0.3 is 0 Å². The topological polar surface area (TPSA) is 85.1 Å². The van der Waals surface area contributed by atoms with Gasteiger partial charge in [0.15, 0.2) is 0 Å². The Labute approximate surface area is 127 Å². The summed E-state index contributed by atoms with van der Waals surface area (Å²) in [6.45, 7) is 0. The van der Waals surface area contributed by atoms with Crippen molar-refractivity contribution in [2.75, 3.05) is 5.32 Å². The van der Waals surface area contributed by atoms with Crippen LogP contribution in [0.15, 0.2) is 30.5 Å². The van der Waals surface area contributed by atoms with Gasteiger partial charge in [-0.3, -0.25) is 19.9 Å². The molecule has 1 aromatic heterocycles. The second kappa shape index (κ2) is 6.09. The molecule has 0 saturated heterocycles. The lowest BCUT2D eigenvalue weighted by atomic mass is 9.88. The third kappa shape index (κ3) is 2.77. The van der Waals surface area contributed by atoms with Gasteiger partial charge in [0.05, 0.1) is 16.0 Å². The molecule has 1 aliphatic rings. The van der Waals surface area contributed by atoms with Gasteiger partial charge in [-0.05, 0) is 31.0 Å². The van der Waals surface area contributed by atoms with Gasteiger partial charge in [0.2, 0.25) is 5.91 Å². The highest BCUT2D eigenvalue weighted by Crippen LogP contribution is 2.31. The first-order valence-electron chi connectivity index (χ1n) is 7.50. The van der Waals surface area contributed by atoms with Crippen molar-refractivity contribution in [2.24, 2.45) is 5.92 Å².